The maximum Gasteiger partial charge on any atom is 0.253 e. The number of carbonyl (C=O) groups excluding carboxylic acids is 1. The number of amides is 1. The molecule has 0 aliphatic rings. The van der Waals surface area contributed by atoms with Crippen LogP contribution in [0, 0.1) is 0 Å². The molecular weight excluding hydrogens is 240 g/mol. The number of benzene rings is 1. The van der Waals surface area contributed by atoms with E-state index in [4.69, 9.17) is 0 Å². The molecule has 4 heteroatoms. The second-order valence-electron chi connectivity index (χ2n) is 4.25. The summed E-state index contributed by atoms with van der Waals surface area (Å²) < 4.78 is 0. The Morgan fingerprint density at radius 3 is 2.53 bits per heavy atom. The largest absolute Gasteiger partial charge is 0.348 e. The number of aromatic nitrogens is 1. The molecule has 0 aliphatic carbocycles. The van der Waals surface area contributed by atoms with Crippen molar-refractivity contribution in [1.29, 1.82) is 0 Å². The monoisotopic (exact) mass is 256 g/mol. The molecule has 0 saturated heterocycles. The lowest BCUT2D eigenvalue weighted by atomic mass is 10.1. The van der Waals surface area contributed by atoms with Crippen LogP contribution in [0.5, 0.6) is 0 Å². The number of pyridine rings is 1. The van der Waals surface area contributed by atoms with E-state index in [1.54, 1.807) is 0 Å². The topological polar surface area (TPSA) is 62.0 Å². The Labute approximate surface area is 111 Å². The van der Waals surface area contributed by atoms with Crippen LogP contribution in [0.15, 0.2) is 47.4 Å². The van der Waals surface area contributed by atoms with Crippen LogP contribution in [0.4, 0.5) is 0 Å². The van der Waals surface area contributed by atoms with Gasteiger partial charge in [-0.15, -0.1) is 0 Å². The summed E-state index contributed by atoms with van der Waals surface area (Å²) in [4.78, 5) is 25.3. The Morgan fingerprint density at radius 2 is 1.89 bits per heavy atom. The van der Waals surface area contributed by atoms with Gasteiger partial charge in [0.15, 0.2) is 0 Å². The number of hydrogen-bond acceptors (Lipinski definition) is 2. The number of hydrogen-bond donors (Lipinski definition) is 2. The van der Waals surface area contributed by atoms with Crippen molar-refractivity contribution < 1.29 is 4.79 Å². The number of nitrogens with one attached hydrogen (secondary N) is 2. The third-order valence-corrected chi connectivity index (χ3v) is 2.99. The van der Waals surface area contributed by atoms with E-state index in [-0.39, 0.29) is 11.5 Å². The minimum Gasteiger partial charge on any atom is -0.348 e. The lowest BCUT2D eigenvalue weighted by molar-refractivity contribution is 0.0950. The first-order chi connectivity index (χ1) is 9.20. The molecule has 2 rings (SSSR count). The van der Waals surface area contributed by atoms with Gasteiger partial charge in [-0.25, -0.2) is 0 Å². The van der Waals surface area contributed by atoms with E-state index < -0.39 is 0 Å². The second-order valence-corrected chi connectivity index (χ2v) is 4.25. The molecule has 1 aromatic heterocycles. The van der Waals surface area contributed by atoms with Crippen molar-refractivity contribution in [3.05, 3.63) is 69.6 Å². The highest BCUT2D eigenvalue weighted by Crippen LogP contribution is 2.09. The summed E-state index contributed by atoms with van der Waals surface area (Å²) in [5.41, 5.74) is 2.58. The first kappa shape index (κ1) is 13.1. The molecule has 0 fully saturated rings. The Kier molecular flexibility index (Phi) is 4.13. The van der Waals surface area contributed by atoms with Gasteiger partial charge in [0.1, 0.15) is 0 Å². The van der Waals surface area contributed by atoms with E-state index in [9.17, 15) is 9.59 Å². The van der Waals surface area contributed by atoms with E-state index in [0.717, 1.165) is 12.0 Å². The molecule has 2 N–H and O–H groups in total. The van der Waals surface area contributed by atoms with Crippen LogP contribution in [0.25, 0.3) is 0 Å². The number of carbonyl (C=O) groups is 1. The zero-order valence-corrected chi connectivity index (χ0v) is 10.8. The van der Waals surface area contributed by atoms with E-state index in [2.05, 4.69) is 23.3 Å². The van der Waals surface area contributed by atoms with Gasteiger partial charge in [0, 0.05) is 18.8 Å². The van der Waals surface area contributed by atoms with Crippen molar-refractivity contribution in [2.24, 2.45) is 0 Å². The van der Waals surface area contributed by atoms with Crippen LogP contribution in [0.2, 0.25) is 0 Å². The molecule has 0 saturated carbocycles. The van der Waals surface area contributed by atoms with Gasteiger partial charge in [-0.05, 0) is 23.6 Å². The van der Waals surface area contributed by atoms with Gasteiger partial charge in [0.2, 0.25) is 5.56 Å². The van der Waals surface area contributed by atoms with Crippen molar-refractivity contribution in [2.75, 3.05) is 0 Å². The minimum atomic E-state index is -0.215. The Balaban J connectivity index is 2.04. The Hall–Kier alpha value is -2.36. The lowest BCUT2D eigenvalue weighted by Gasteiger charge is -2.09. The molecule has 0 atom stereocenters. The molecule has 0 bridgehead atoms. The van der Waals surface area contributed by atoms with Crippen molar-refractivity contribution in [1.82, 2.24) is 10.3 Å². The van der Waals surface area contributed by atoms with Crippen molar-refractivity contribution in [3.8, 4) is 0 Å². The van der Waals surface area contributed by atoms with Crippen LogP contribution in [-0.2, 0) is 13.0 Å². The maximum atomic E-state index is 11.9. The Bertz CT molecular complexity index is 612. The maximum absolute atomic E-state index is 11.9. The predicted molar refractivity (Wildman–Crippen MR) is 74.1 cm³/mol. The van der Waals surface area contributed by atoms with Gasteiger partial charge in [-0.1, -0.05) is 31.2 Å². The summed E-state index contributed by atoms with van der Waals surface area (Å²) >= 11 is 0. The molecule has 0 spiro atoms. The number of aromatic amines is 1. The van der Waals surface area contributed by atoms with E-state index >= 15 is 0 Å². The van der Waals surface area contributed by atoms with Gasteiger partial charge < -0.3 is 10.3 Å². The molecule has 98 valence electrons. The molecule has 0 radical (unpaired) electrons. The summed E-state index contributed by atoms with van der Waals surface area (Å²) in [6.45, 7) is 2.57. The first-order valence-corrected chi connectivity index (χ1v) is 6.24. The predicted octanol–water partition coefficient (Wildman–Crippen LogP) is 1.87. The highest BCUT2D eigenvalue weighted by Gasteiger charge is 2.06. The second kappa shape index (κ2) is 6.00. The van der Waals surface area contributed by atoms with Gasteiger partial charge >= 0.3 is 0 Å². The molecule has 0 aliphatic heterocycles. The van der Waals surface area contributed by atoms with Gasteiger partial charge in [0.05, 0.1) is 5.56 Å². The summed E-state index contributed by atoms with van der Waals surface area (Å²) in [5.74, 6) is -0.192. The molecule has 0 unspecified atom stereocenters. The minimum absolute atomic E-state index is 0.192. The quantitative estimate of drug-likeness (QED) is 0.877. The standard InChI is InChI=1S/C15H16N2O2/c1-2-11-5-3-4-6-12(11)9-17-15(19)13-7-8-14(18)16-10-13/h3-8,10H,2,9H2,1H3,(H,16,18)(H,17,19). The van der Waals surface area contributed by atoms with Crippen LogP contribution in [-0.4, -0.2) is 10.9 Å². The lowest BCUT2D eigenvalue weighted by Crippen LogP contribution is -2.24. The normalized spacial score (nSPS) is 10.2. The van der Waals surface area contributed by atoms with Crippen LogP contribution in [0.1, 0.15) is 28.4 Å². The third-order valence-electron chi connectivity index (χ3n) is 2.99. The number of H-pyrrole nitrogens is 1. The summed E-state index contributed by atoms with van der Waals surface area (Å²) in [6.07, 6.45) is 2.36. The van der Waals surface area contributed by atoms with Gasteiger partial charge in [-0.2, -0.15) is 0 Å². The molecule has 1 aromatic carbocycles. The van der Waals surface area contributed by atoms with Crippen LogP contribution < -0.4 is 10.9 Å². The zero-order valence-electron chi connectivity index (χ0n) is 10.8. The smallest absolute Gasteiger partial charge is 0.253 e. The van der Waals surface area contributed by atoms with Crippen molar-refractivity contribution in [2.45, 2.75) is 19.9 Å². The van der Waals surface area contributed by atoms with E-state index in [1.807, 2.05) is 18.2 Å². The van der Waals surface area contributed by atoms with Gasteiger partial charge in [0.25, 0.3) is 5.91 Å². The van der Waals surface area contributed by atoms with Gasteiger partial charge in [-0.3, -0.25) is 9.59 Å². The fraction of sp³-hybridized carbons (Fsp3) is 0.200. The van der Waals surface area contributed by atoms with Crippen LogP contribution in [0.3, 0.4) is 0 Å². The number of rotatable bonds is 4. The highest BCUT2D eigenvalue weighted by molar-refractivity contribution is 5.93. The van der Waals surface area contributed by atoms with Crippen LogP contribution >= 0.6 is 0 Å². The molecular formula is C15H16N2O2. The van der Waals surface area contributed by atoms with Crippen molar-refractivity contribution >= 4 is 5.91 Å². The number of aryl methyl sites for hydroxylation is 1. The van der Waals surface area contributed by atoms with Crippen molar-refractivity contribution in [3.63, 3.8) is 0 Å². The average Bonchev–Trinajstić information content (AvgIpc) is 2.45. The molecule has 4 nitrogen and oxygen atoms in total. The zero-order chi connectivity index (χ0) is 13.7. The van der Waals surface area contributed by atoms with E-state index in [1.165, 1.54) is 23.9 Å². The third kappa shape index (κ3) is 3.31. The molecule has 1 amide bonds. The molecule has 2 aromatic rings. The fourth-order valence-corrected chi connectivity index (χ4v) is 1.90. The molecule has 19 heavy (non-hydrogen) atoms. The summed E-state index contributed by atoms with van der Waals surface area (Å²) in [5, 5.41) is 2.85. The highest BCUT2D eigenvalue weighted by atomic mass is 16.1. The summed E-state index contributed by atoms with van der Waals surface area (Å²) in [7, 11) is 0. The van der Waals surface area contributed by atoms with E-state index in [0.29, 0.717) is 12.1 Å². The molecule has 1 heterocycles. The first-order valence-electron chi connectivity index (χ1n) is 6.24. The Morgan fingerprint density at radius 1 is 1.16 bits per heavy atom. The summed E-state index contributed by atoms with van der Waals surface area (Å²) in [6, 6.07) is 10.9. The average molecular weight is 256 g/mol. The SMILES string of the molecule is CCc1ccccc1CNC(=O)c1ccc(=O)[nH]c1. The fourth-order valence-electron chi connectivity index (χ4n) is 1.90.